The molecule has 0 saturated heterocycles. The number of nitrogens with one attached hydrogen (secondary N) is 1. The fourth-order valence-corrected chi connectivity index (χ4v) is 2.15. The Morgan fingerprint density at radius 2 is 1.76 bits per heavy atom. The van der Waals surface area contributed by atoms with E-state index in [-0.39, 0.29) is 0 Å². The molecule has 0 aliphatic heterocycles. The Balaban J connectivity index is 1.72. The Hall–Kier alpha value is -2.88. The van der Waals surface area contributed by atoms with Crippen molar-refractivity contribution in [3.8, 4) is 0 Å². The van der Waals surface area contributed by atoms with Crippen molar-refractivity contribution in [1.82, 2.24) is 4.98 Å². The molecule has 21 heavy (non-hydrogen) atoms. The van der Waals surface area contributed by atoms with Crippen molar-refractivity contribution in [3.05, 3.63) is 71.9 Å². The third-order valence-electron chi connectivity index (χ3n) is 3.30. The van der Waals surface area contributed by atoms with Gasteiger partial charge in [0.2, 0.25) is 5.91 Å². The summed E-state index contributed by atoms with van der Waals surface area (Å²) < 4.78 is 0. The maximum absolute atomic E-state index is 11.0. The molecule has 0 bridgehead atoms. The average molecular weight is 277 g/mol. The molecule has 0 aliphatic carbocycles. The lowest BCUT2D eigenvalue weighted by Gasteiger charge is -2.07. The normalized spacial score (nSPS) is 10.5. The van der Waals surface area contributed by atoms with Gasteiger partial charge in [0.1, 0.15) is 0 Å². The molecule has 4 nitrogen and oxygen atoms in total. The Morgan fingerprint density at radius 1 is 1.00 bits per heavy atom. The summed E-state index contributed by atoms with van der Waals surface area (Å²) in [7, 11) is 0. The fourth-order valence-electron chi connectivity index (χ4n) is 2.15. The number of carbonyl (C=O) groups excluding carboxylic acids is 1. The molecule has 0 spiro atoms. The minimum Gasteiger partial charge on any atom is -0.379 e. The van der Waals surface area contributed by atoms with Gasteiger partial charge in [0.15, 0.2) is 0 Å². The number of anilines is 1. The number of primary amides is 1. The highest BCUT2D eigenvalue weighted by atomic mass is 16.1. The summed E-state index contributed by atoms with van der Waals surface area (Å²) in [6, 6.07) is 19.2. The third-order valence-corrected chi connectivity index (χ3v) is 3.30. The standard InChI is InChI=1S/C17H15N3O/c18-17(21)13-6-8-14(9-7-13)19-11-15-10-5-12-3-1-2-4-16(12)20-15/h1-10,19H,11H2,(H2,18,21). The van der Waals surface area contributed by atoms with E-state index in [1.165, 1.54) is 0 Å². The van der Waals surface area contributed by atoms with E-state index in [1.807, 2.05) is 42.5 Å². The summed E-state index contributed by atoms with van der Waals surface area (Å²) in [5, 5.41) is 4.41. The monoisotopic (exact) mass is 277 g/mol. The first-order chi connectivity index (χ1) is 10.2. The second-order valence-corrected chi connectivity index (χ2v) is 4.79. The predicted molar refractivity (Wildman–Crippen MR) is 84.0 cm³/mol. The molecule has 0 saturated carbocycles. The van der Waals surface area contributed by atoms with Crippen LogP contribution in [0.15, 0.2) is 60.7 Å². The van der Waals surface area contributed by atoms with Crippen LogP contribution in [0.3, 0.4) is 0 Å². The summed E-state index contributed by atoms with van der Waals surface area (Å²) in [6.45, 7) is 0.626. The summed E-state index contributed by atoms with van der Waals surface area (Å²) in [6.07, 6.45) is 0. The highest BCUT2D eigenvalue weighted by Gasteiger charge is 2.01. The minimum atomic E-state index is -0.419. The number of fused-ring (bicyclic) bond motifs is 1. The number of hydrogen-bond acceptors (Lipinski definition) is 3. The topological polar surface area (TPSA) is 68.0 Å². The Kier molecular flexibility index (Phi) is 3.51. The molecular weight excluding hydrogens is 262 g/mol. The van der Waals surface area contributed by atoms with E-state index in [9.17, 15) is 4.79 Å². The maximum Gasteiger partial charge on any atom is 0.248 e. The van der Waals surface area contributed by atoms with Gasteiger partial charge in [-0.1, -0.05) is 24.3 Å². The van der Waals surface area contributed by atoms with Gasteiger partial charge in [-0.25, -0.2) is 0 Å². The van der Waals surface area contributed by atoms with Crippen LogP contribution in [0.5, 0.6) is 0 Å². The molecule has 3 rings (SSSR count). The lowest BCUT2D eigenvalue weighted by atomic mass is 10.2. The number of amides is 1. The second kappa shape index (κ2) is 5.63. The number of nitrogens with zero attached hydrogens (tertiary/aromatic N) is 1. The van der Waals surface area contributed by atoms with Gasteiger partial charge in [-0.15, -0.1) is 0 Å². The number of aromatic nitrogens is 1. The van der Waals surface area contributed by atoms with Gasteiger partial charge in [0, 0.05) is 16.6 Å². The van der Waals surface area contributed by atoms with Crippen LogP contribution in [-0.2, 0) is 6.54 Å². The summed E-state index contributed by atoms with van der Waals surface area (Å²) in [5.41, 5.74) is 8.59. The summed E-state index contributed by atoms with van der Waals surface area (Å²) >= 11 is 0. The minimum absolute atomic E-state index is 0.419. The number of benzene rings is 2. The van der Waals surface area contributed by atoms with Crippen LogP contribution >= 0.6 is 0 Å². The van der Waals surface area contributed by atoms with E-state index in [0.717, 1.165) is 22.3 Å². The molecule has 1 aromatic heterocycles. The van der Waals surface area contributed by atoms with Crippen LogP contribution in [0.2, 0.25) is 0 Å². The number of para-hydroxylation sites is 1. The van der Waals surface area contributed by atoms with Crippen LogP contribution in [-0.4, -0.2) is 10.9 Å². The highest BCUT2D eigenvalue weighted by molar-refractivity contribution is 5.93. The van der Waals surface area contributed by atoms with Gasteiger partial charge in [0.25, 0.3) is 0 Å². The van der Waals surface area contributed by atoms with Gasteiger partial charge in [-0.05, 0) is 36.4 Å². The summed E-state index contributed by atoms with van der Waals surface area (Å²) in [5.74, 6) is -0.419. The first-order valence-electron chi connectivity index (χ1n) is 6.71. The van der Waals surface area contributed by atoms with E-state index in [2.05, 4.69) is 16.4 Å². The first kappa shape index (κ1) is 13.1. The van der Waals surface area contributed by atoms with Gasteiger partial charge < -0.3 is 11.1 Å². The van der Waals surface area contributed by atoms with E-state index in [0.29, 0.717) is 12.1 Å². The molecular formula is C17H15N3O. The zero-order chi connectivity index (χ0) is 14.7. The second-order valence-electron chi connectivity index (χ2n) is 4.79. The number of hydrogen-bond donors (Lipinski definition) is 2. The SMILES string of the molecule is NC(=O)c1ccc(NCc2ccc3ccccc3n2)cc1. The van der Waals surface area contributed by atoms with Crippen molar-refractivity contribution < 1.29 is 4.79 Å². The lowest BCUT2D eigenvalue weighted by Crippen LogP contribution is -2.10. The predicted octanol–water partition coefficient (Wildman–Crippen LogP) is 2.95. The smallest absolute Gasteiger partial charge is 0.248 e. The molecule has 2 aromatic carbocycles. The highest BCUT2D eigenvalue weighted by Crippen LogP contribution is 2.14. The van der Waals surface area contributed by atoms with Gasteiger partial charge in [-0.2, -0.15) is 0 Å². The van der Waals surface area contributed by atoms with Crippen LogP contribution in [0, 0.1) is 0 Å². The average Bonchev–Trinajstić information content (AvgIpc) is 2.53. The van der Waals surface area contributed by atoms with Crippen molar-refractivity contribution in [2.24, 2.45) is 5.73 Å². The van der Waals surface area contributed by atoms with Crippen LogP contribution < -0.4 is 11.1 Å². The molecule has 0 radical (unpaired) electrons. The van der Waals surface area contributed by atoms with Crippen molar-refractivity contribution in [1.29, 1.82) is 0 Å². The molecule has 0 aliphatic rings. The molecule has 1 heterocycles. The zero-order valence-electron chi connectivity index (χ0n) is 11.4. The molecule has 104 valence electrons. The summed E-state index contributed by atoms with van der Waals surface area (Å²) in [4.78, 5) is 15.6. The third kappa shape index (κ3) is 3.00. The molecule has 0 fully saturated rings. The van der Waals surface area contributed by atoms with Crippen molar-refractivity contribution in [3.63, 3.8) is 0 Å². The Bertz CT molecular complexity index is 781. The molecule has 3 N–H and O–H groups in total. The molecule has 1 amide bonds. The van der Waals surface area contributed by atoms with E-state index < -0.39 is 5.91 Å². The zero-order valence-corrected chi connectivity index (χ0v) is 11.4. The molecule has 3 aromatic rings. The van der Waals surface area contributed by atoms with E-state index >= 15 is 0 Å². The molecule has 4 heteroatoms. The van der Waals surface area contributed by atoms with Crippen LogP contribution in [0.4, 0.5) is 5.69 Å². The van der Waals surface area contributed by atoms with E-state index in [4.69, 9.17) is 5.73 Å². The number of carbonyl (C=O) groups is 1. The Morgan fingerprint density at radius 3 is 2.52 bits per heavy atom. The lowest BCUT2D eigenvalue weighted by molar-refractivity contribution is 0.100. The van der Waals surface area contributed by atoms with Crippen molar-refractivity contribution in [2.75, 3.05) is 5.32 Å². The van der Waals surface area contributed by atoms with Gasteiger partial charge >= 0.3 is 0 Å². The van der Waals surface area contributed by atoms with E-state index in [1.54, 1.807) is 12.1 Å². The number of rotatable bonds is 4. The fraction of sp³-hybridized carbons (Fsp3) is 0.0588. The number of nitrogens with two attached hydrogens (primary N) is 1. The first-order valence-corrected chi connectivity index (χ1v) is 6.71. The quantitative estimate of drug-likeness (QED) is 0.770. The largest absolute Gasteiger partial charge is 0.379 e. The van der Waals surface area contributed by atoms with Gasteiger partial charge in [0.05, 0.1) is 17.8 Å². The molecule has 0 unspecified atom stereocenters. The van der Waals surface area contributed by atoms with Crippen LogP contribution in [0.25, 0.3) is 10.9 Å². The van der Waals surface area contributed by atoms with Crippen LogP contribution in [0.1, 0.15) is 16.1 Å². The molecule has 0 atom stereocenters. The number of pyridine rings is 1. The maximum atomic E-state index is 11.0. The van der Waals surface area contributed by atoms with Gasteiger partial charge in [-0.3, -0.25) is 9.78 Å². The Labute approximate surface area is 122 Å². The van der Waals surface area contributed by atoms with Crippen molar-refractivity contribution >= 4 is 22.5 Å². The van der Waals surface area contributed by atoms with Crippen molar-refractivity contribution in [2.45, 2.75) is 6.54 Å².